The minimum atomic E-state index is -0.961. The van der Waals surface area contributed by atoms with E-state index in [1.165, 1.54) is 24.7 Å². The van der Waals surface area contributed by atoms with Crippen molar-refractivity contribution in [3.63, 3.8) is 0 Å². The van der Waals surface area contributed by atoms with Gasteiger partial charge in [-0.3, -0.25) is 14.7 Å². The molecule has 5 rings (SSSR count). The SMILES string of the molecule is Cc1cnc2ccc([C@H]3[C@@H](c4ccc(F)c(F)c4)C[C@](N)(CNC(=O)c4cnccn4)N3C)cn12. The Hall–Kier alpha value is -3.76. The first-order chi connectivity index (χ1) is 16.8. The average molecular weight is 478 g/mol. The molecule has 1 aliphatic rings. The standard InChI is InChI=1S/C25H25F2N7O/c1-15-11-31-22-6-4-17(13-34(15)22)23-18(16-3-5-19(26)20(27)9-16)10-25(28,33(23)2)14-32-24(35)21-12-29-7-8-30-21/h3-9,11-13,18,23H,10,14,28H2,1-2H3,(H,32,35)/t18-,23+,25-/m1/s1. The third-order valence-corrected chi connectivity index (χ3v) is 6.85. The molecule has 0 unspecified atom stereocenters. The van der Waals surface area contributed by atoms with Gasteiger partial charge in [-0.05, 0) is 49.7 Å². The van der Waals surface area contributed by atoms with Crippen molar-refractivity contribution in [3.05, 3.63) is 95.5 Å². The maximum absolute atomic E-state index is 14.2. The van der Waals surface area contributed by atoms with E-state index in [0.29, 0.717) is 12.0 Å². The lowest BCUT2D eigenvalue weighted by Crippen LogP contribution is -2.57. The first kappa shape index (κ1) is 23.0. The van der Waals surface area contributed by atoms with Gasteiger partial charge in [0.25, 0.3) is 5.91 Å². The number of pyridine rings is 1. The number of aromatic nitrogens is 4. The van der Waals surface area contributed by atoms with Crippen LogP contribution < -0.4 is 11.1 Å². The van der Waals surface area contributed by atoms with Gasteiger partial charge >= 0.3 is 0 Å². The molecule has 35 heavy (non-hydrogen) atoms. The van der Waals surface area contributed by atoms with Crippen LogP contribution in [0.15, 0.2) is 61.3 Å². The van der Waals surface area contributed by atoms with Gasteiger partial charge < -0.3 is 15.5 Å². The summed E-state index contributed by atoms with van der Waals surface area (Å²) in [6.45, 7) is 2.09. The topological polar surface area (TPSA) is 101 Å². The number of rotatable bonds is 5. The third kappa shape index (κ3) is 4.15. The summed E-state index contributed by atoms with van der Waals surface area (Å²) in [6.07, 6.45) is 8.50. The zero-order valence-corrected chi connectivity index (χ0v) is 19.3. The minimum absolute atomic E-state index is 0.127. The first-order valence-electron chi connectivity index (χ1n) is 11.2. The van der Waals surface area contributed by atoms with Crippen LogP contribution in [-0.4, -0.2) is 49.4 Å². The molecule has 180 valence electrons. The first-order valence-corrected chi connectivity index (χ1v) is 11.2. The Morgan fingerprint density at radius 3 is 2.69 bits per heavy atom. The largest absolute Gasteiger partial charge is 0.347 e. The normalized spacial score (nSPS) is 22.5. The van der Waals surface area contributed by atoms with Gasteiger partial charge in [-0.2, -0.15) is 0 Å². The Kier molecular flexibility index (Phi) is 5.78. The highest BCUT2D eigenvalue weighted by Crippen LogP contribution is 2.49. The number of halogens is 2. The molecular formula is C25H25F2N7O. The fraction of sp³-hybridized carbons (Fsp3) is 0.280. The van der Waals surface area contributed by atoms with Gasteiger partial charge in [-0.15, -0.1) is 0 Å². The number of nitrogens with zero attached hydrogens (tertiary/aromatic N) is 5. The minimum Gasteiger partial charge on any atom is -0.347 e. The lowest BCUT2D eigenvalue weighted by molar-refractivity contribution is 0.0883. The van der Waals surface area contributed by atoms with E-state index in [-0.39, 0.29) is 30.1 Å². The molecule has 0 aliphatic carbocycles. The van der Waals surface area contributed by atoms with Crippen molar-refractivity contribution in [3.8, 4) is 0 Å². The molecule has 1 aromatic carbocycles. The van der Waals surface area contributed by atoms with E-state index in [1.807, 2.05) is 41.6 Å². The highest BCUT2D eigenvalue weighted by molar-refractivity contribution is 5.91. The molecule has 1 amide bonds. The van der Waals surface area contributed by atoms with E-state index in [4.69, 9.17) is 5.73 Å². The Morgan fingerprint density at radius 2 is 1.94 bits per heavy atom. The zero-order chi connectivity index (χ0) is 24.7. The van der Waals surface area contributed by atoms with Crippen LogP contribution in [0.5, 0.6) is 0 Å². The fourth-order valence-electron chi connectivity index (χ4n) is 4.91. The average Bonchev–Trinajstić information content (AvgIpc) is 3.36. The lowest BCUT2D eigenvalue weighted by atomic mass is 9.86. The van der Waals surface area contributed by atoms with Crippen molar-refractivity contribution >= 4 is 11.6 Å². The third-order valence-electron chi connectivity index (χ3n) is 6.85. The summed E-state index contributed by atoms with van der Waals surface area (Å²) in [5.41, 5.74) is 9.46. The highest BCUT2D eigenvalue weighted by Gasteiger charge is 2.49. The number of carbonyl (C=O) groups is 1. The molecule has 3 N–H and O–H groups in total. The molecule has 0 spiro atoms. The van der Waals surface area contributed by atoms with Gasteiger partial charge in [-0.25, -0.2) is 18.7 Å². The summed E-state index contributed by atoms with van der Waals surface area (Å²) in [4.78, 5) is 26.9. The quantitative estimate of drug-likeness (QED) is 0.458. The molecule has 1 saturated heterocycles. The van der Waals surface area contributed by atoms with Crippen LogP contribution in [0, 0.1) is 18.6 Å². The molecule has 3 aromatic heterocycles. The Balaban J connectivity index is 1.50. The Bertz CT molecular complexity index is 1390. The van der Waals surface area contributed by atoms with E-state index < -0.39 is 17.3 Å². The van der Waals surface area contributed by atoms with Crippen molar-refractivity contribution < 1.29 is 13.6 Å². The van der Waals surface area contributed by atoms with Crippen LogP contribution in [0.1, 0.15) is 45.7 Å². The van der Waals surface area contributed by atoms with Gasteiger partial charge in [0.15, 0.2) is 11.6 Å². The number of hydrogen-bond acceptors (Lipinski definition) is 6. The molecule has 10 heteroatoms. The second-order valence-electron chi connectivity index (χ2n) is 9.01. The molecule has 0 saturated carbocycles. The predicted molar refractivity (Wildman–Crippen MR) is 125 cm³/mol. The molecule has 1 aliphatic heterocycles. The summed E-state index contributed by atoms with van der Waals surface area (Å²) in [6, 6.07) is 7.59. The van der Waals surface area contributed by atoms with E-state index in [1.54, 1.807) is 12.3 Å². The highest BCUT2D eigenvalue weighted by atomic mass is 19.2. The second-order valence-corrected chi connectivity index (χ2v) is 9.01. The molecule has 8 nitrogen and oxygen atoms in total. The van der Waals surface area contributed by atoms with Crippen molar-refractivity contribution in [1.29, 1.82) is 0 Å². The number of nitrogens with one attached hydrogen (secondary N) is 1. The Morgan fingerprint density at radius 1 is 1.14 bits per heavy atom. The van der Waals surface area contributed by atoms with Crippen LogP contribution in [0.3, 0.4) is 0 Å². The molecule has 1 fully saturated rings. The monoisotopic (exact) mass is 477 g/mol. The van der Waals surface area contributed by atoms with E-state index >= 15 is 0 Å². The van der Waals surface area contributed by atoms with Crippen molar-refractivity contribution in [2.75, 3.05) is 13.6 Å². The van der Waals surface area contributed by atoms with Gasteiger partial charge in [0.05, 0.1) is 11.9 Å². The van der Waals surface area contributed by atoms with E-state index in [2.05, 4.69) is 20.3 Å². The van der Waals surface area contributed by atoms with E-state index in [9.17, 15) is 13.6 Å². The maximum Gasteiger partial charge on any atom is 0.271 e. The van der Waals surface area contributed by atoms with Crippen LogP contribution in [0.25, 0.3) is 5.65 Å². The molecule has 0 bridgehead atoms. The number of fused-ring (bicyclic) bond motifs is 1. The Labute approximate surface area is 200 Å². The second kappa shape index (κ2) is 8.79. The molecule has 4 aromatic rings. The summed E-state index contributed by atoms with van der Waals surface area (Å²) >= 11 is 0. The van der Waals surface area contributed by atoms with Crippen LogP contribution in [-0.2, 0) is 0 Å². The number of carbonyl (C=O) groups excluding carboxylic acids is 1. The predicted octanol–water partition coefficient (Wildman–Crippen LogP) is 2.96. The van der Waals surface area contributed by atoms with Gasteiger partial charge in [-0.1, -0.05) is 12.1 Å². The number of imidazole rings is 1. The molecule has 0 radical (unpaired) electrons. The van der Waals surface area contributed by atoms with Gasteiger partial charge in [0, 0.05) is 49.0 Å². The number of nitrogens with two attached hydrogens (primary N) is 1. The smallest absolute Gasteiger partial charge is 0.271 e. The molecule has 4 heterocycles. The number of hydrogen-bond donors (Lipinski definition) is 2. The summed E-state index contributed by atoms with van der Waals surface area (Å²) in [5, 5.41) is 2.85. The van der Waals surface area contributed by atoms with Crippen molar-refractivity contribution in [2.24, 2.45) is 5.73 Å². The van der Waals surface area contributed by atoms with Crippen LogP contribution >= 0.6 is 0 Å². The molecular weight excluding hydrogens is 452 g/mol. The zero-order valence-electron chi connectivity index (χ0n) is 19.3. The summed E-state index contributed by atoms with van der Waals surface area (Å²) in [7, 11) is 1.88. The van der Waals surface area contributed by atoms with Crippen molar-refractivity contribution in [1.82, 2.24) is 29.6 Å². The number of benzene rings is 1. The summed E-state index contributed by atoms with van der Waals surface area (Å²) < 4.78 is 29.9. The maximum atomic E-state index is 14.2. The number of amides is 1. The van der Waals surface area contributed by atoms with Crippen molar-refractivity contribution in [2.45, 2.75) is 31.0 Å². The lowest BCUT2D eigenvalue weighted by Gasteiger charge is -2.35. The summed E-state index contributed by atoms with van der Waals surface area (Å²) in [5.74, 6) is -2.45. The van der Waals surface area contributed by atoms with Crippen LogP contribution in [0.2, 0.25) is 0 Å². The molecule has 3 atom stereocenters. The fourth-order valence-corrected chi connectivity index (χ4v) is 4.91. The number of aryl methyl sites for hydroxylation is 1. The number of likely N-dealkylation sites (tertiary alicyclic amines) is 1. The van der Waals surface area contributed by atoms with E-state index in [0.717, 1.165) is 23.0 Å². The van der Waals surface area contributed by atoms with Gasteiger partial charge in [0.1, 0.15) is 11.3 Å². The number of likely N-dealkylation sites (N-methyl/N-ethyl adjacent to an activating group) is 1. The van der Waals surface area contributed by atoms with Crippen LogP contribution in [0.4, 0.5) is 8.78 Å². The van der Waals surface area contributed by atoms with Gasteiger partial charge in [0.2, 0.25) is 0 Å².